The van der Waals surface area contributed by atoms with Crippen LogP contribution in [0.1, 0.15) is 64.7 Å². The molecular formula is C14H26N2O. The second-order valence-corrected chi connectivity index (χ2v) is 6.10. The van der Waals surface area contributed by atoms with Gasteiger partial charge >= 0.3 is 0 Å². The molecule has 0 spiro atoms. The molecule has 1 amide bonds. The van der Waals surface area contributed by atoms with E-state index < -0.39 is 0 Å². The summed E-state index contributed by atoms with van der Waals surface area (Å²) in [6, 6.07) is 0.407. The highest BCUT2D eigenvalue weighted by molar-refractivity contribution is 5.77. The molecule has 2 rings (SSSR count). The van der Waals surface area contributed by atoms with Crippen LogP contribution in [0.5, 0.6) is 0 Å². The third-order valence-electron chi connectivity index (χ3n) is 4.59. The highest BCUT2D eigenvalue weighted by atomic mass is 16.1. The predicted molar refractivity (Wildman–Crippen MR) is 69.6 cm³/mol. The number of amides is 1. The quantitative estimate of drug-likeness (QED) is 0.790. The lowest BCUT2D eigenvalue weighted by Gasteiger charge is -2.38. The number of carbonyl (C=O) groups is 1. The van der Waals surface area contributed by atoms with Crippen LogP contribution in [0.3, 0.4) is 0 Å². The number of carbonyl (C=O) groups excluding carboxylic acids is 1. The Kier molecular flexibility index (Phi) is 4.08. The zero-order chi connectivity index (χ0) is 12.3. The first-order valence-corrected chi connectivity index (χ1v) is 7.19. The van der Waals surface area contributed by atoms with Gasteiger partial charge in [0, 0.05) is 18.0 Å². The van der Waals surface area contributed by atoms with E-state index in [-0.39, 0.29) is 11.4 Å². The summed E-state index contributed by atoms with van der Waals surface area (Å²) in [4.78, 5) is 11.9. The smallest absolute Gasteiger partial charge is 0.222 e. The molecular weight excluding hydrogens is 212 g/mol. The molecule has 3 nitrogen and oxygen atoms in total. The fourth-order valence-corrected chi connectivity index (χ4v) is 3.20. The molecule has 2 saturated carbocycles. The van der Waals surface area contributed by atoms with Crippen LogP contribution in [0.2, 0.25) is 0 Å². The van der Waals surface area contributed by atoms with Gasteiger partial charge in [-0.05, 0) is 38.0 Å². The number of nitrogens with two attached hydrogens (primary N) is 1. The van der Waals surface area contributed by atoms with E-state index in [4.69, 9.17) is 5.73 Å². The second kappa shape index (κ2) is 5.38. The third kappa shape index (κ3) is 3.44. The van der Waals surface area contributed by atoms with Crippen molar-refractivity contribution in [2.24, 2.45) is 11.7 Å². The van der Waals surface area contributed by atoms with Gasteiger partial charge in [0.1, 0.15) is 0 Å². The maximum atomic E-state index is 11.9. The monoisotopic (exact) mass is 238 g/mol. The van der Waals surface area contributed by atoms with Gasteiger partial charge in [-0.1, -0.05) is 26.2 Å². The van der Waals surface area contributed by atoms with E-state index in [0.717, 1.165) is 25.2 Å². The maximum Gasteiger partial charge on any atom is 0.222 e. The van der Waals surface area contributed by atoms with E-state index >= 15 is 0 Å². The lowest BCUT2D eigenvalue weighted by atomic mass is 9.75. The van der Waals surface area contributed by atoms with Crippen LogP contribution >= 0.6 is 0 Å². The maximum absolute atomic E-state index is 11.9. The molecule has 2 atom stereocenters. The SMILES string of the molecule is CCC1CCCC(NC(=O)CC2(N)CCC2)C1. The van der Waals surface area contributed by atoms with E-state index in [1.165, 1.54) is 32.1 Å². The van der Waals surface area contributed by atoms with Crippen molar-refractivity contribution in [1.29, 1.82) is 0 Å². The average Bonchev–Trinajstić information content (AvgIpc) is 2.27. The largest absolute Gasteiger partial charge is 0.353 e. The Labute approximate surface area is 105 Å². The standard InChI is InChI=1S/C14H26N2O/c1-2-11-5-3-6-12(9-11)16-13(17)10-14(15)7-4-8-14/h11-12H,2-10,15H2,1H3,(H,16,17). The predicted octanol–water partition coefficient (Wildman–Crippen LogP) is 2.34. The molecule has 0 aromatic rings. The van der Waals surface area contributed by atoms with Crippen LogP contribution < -0.4 is 11.1 Å². The molecule has 98 valence electrons. The van der Waals surface area contributed by atoms with Gasteiger partial charge < -0.3 is 11.1 Å². The van der Waals surface area contributed by atoms with E-state index in [1.54, 1.807) is 0 Å². The van der Waals surface area contributed by atoms with Gasteiger partial charge in [-0.25, -0.2) is 0 Å². The zero-order valence-corrected chi connectivity index (χ0v) is 11.0. The van der Waals surface area contributed by atoms with Crippen molar-refractivity contribution in [1.82, 2.24) is 5.32 Å². The zero-order valence-electron chi connectivity index (χ0n) is 11.0. The highest BCUT2D eigenvalue weighted by Gasteiger charge is 2.35. The van der Waals surface area contributed by atoms with Gasteiger partial charge in [-0.15, -0.1) is 0 Å². The van der Waals surface area contributed by atoms with Gasteiger partial charge in [0.05, 0.1) is 0 Å². The van der Waals surface area contributed by atoms with Gasteiger partial charge in [0.15, 0.2) is 0 Å². The summed E-state index contributed by atoms with van der Waals surface area (Å²) in [7, 11) is 0. The van der Waals surface area contributed by atoms with Crippen molar-refractivity contribution >= 4 is 5.91 Å². The number of rotatable bonds is 4. The van der Waals surface area contributed by atoms with Crippen molar-refractivity contribution in [3.8, 4) is 0 Å². The number of nitrogens with one attached hydrogen (secondary N) is 1. The van der Waals surface area contributed by atoms with Crippen LogP contribution in [0.25, 0.3) is 0 Å². The minimum Gasteiger partial charge on any atom is -0.353 e. The van der Waals surface area contributed by atoms with E-state index in [2.05, 4.69) is 12.2 Å². The van der Waals surface area contributed by atoms with Gasteiger partial charge in [-0.3, -0.25) is 4.79 Å². The van der Waals surface area contributed by atoms with Crippen molar-refractivity contribution in [3.63, 3.8) is 0 Å². The van der Waals surface area contributed by atoms with Gasteiger partial charge in [0.25, 0.3) is 0 Å². The van der Waals surface area contributed by atoms with Gasteiger partial charge in [-0.2, -0.15) is 0 Å². The van der Waals surface area contributed by atoms with Crippen LogP contribution in [0.15, 0.2) is 0 Å². The average molecular weight is 238 g/mol. The summed E-state index contributed by atoms with van der Waals surface area (Å²) < 4.78 is 0. The molecule has 0 saturated heterocycles. The fraction of sp³-hybridized carbons (Fsp3) is 0.929. The lowest BCUT2D eigenvalue weighted by molar-refractivity contribution is -0.124. The Balaban J connectivity index is 1.74. The molecule has 0 heterocycles. The molecule has 3 heteroatoms. The Hall–Kier alpha value is -0.570. The molecule has 0 aromatic carbocycles. The molecule has 17 heavy (non-hydrogen) atoms. The van der Waals surface area contributed by atoms with Gasteiger partial charge in [0.2, 0.25) is 5.91 Å². The van der Waals surface area contributed by atoms with Crippen LogP contribution in [0, 0.1) is 5.92 Å². The van der Waals surface area contributed by atoms with Crippen molar-refractivity contribution in [2.75, 3.05) is 0 Å². The highest BCUT2D eigenvalue weighted by Crippen LogP contribution is 2.32. The number of hydrogen-bond donors (Lipinski definition) is 2. The Morgan fingerprint density at radius 2 is 2.12 bits per heavy atom. The third-order valence-corrected chi connectivity index (χ3v) is 4.59. The molecule has 0 aliphatic heterocycles. The fourth-order valence-electron chi connectivity index (χ4n) is 3.20. The summed E-state index contributed by atoms with van der Waals surface area (Å²) in [6.45, 7) is 2.25. The Bertz CT molecular complexity index is 273. The minimum atomic E-state index is -0.178. The topological polar surface area (TPSA) is 55.1 Å². The molecule has 0 radical (unpaired) electrons. The van der Waals surface area contributed by atoms with E-state index in [9.17, 15) is 4.79 Å². The molecule has 2 aliphatic rings. The molecule has 2 fully saturated rings. The Morgan fingerprint density at radius 1 is 1.35 bits per heavy atom. The van der Waals surface area contributed by atoms with Crippen LogP contribution in [-0.2, 0) is 4.79 Å². The van der Waals surface area contributed by atoms with Crippen LogP contribution in [-0.4, -0.2) is 17.5 Å². The summed E-state index contributed by atoms with van der Waals surface area (Å²) in [6.07, 6.45) is 9.91. The van der Waals surface area contributed by atoms with Crippen molar-refractivity contribution in [2.45, 2.75) is 76.3 Å². The lowest BCUT2D eigenvalue weighted by Crippen LogP contribution is -2.51. The first-order chi connectivity index (χ1) is 8.11. The summed E-state index contributed by atoms with van der Waals surface area (Å²) >= 11 is 0. The normalized spacial score (nSPS) is 31.6. The first kappa shape index (κ1) is 12.9. The number of hydrogen-bond acceptors (Lipinski definition) is 2. The van der Waals surface area contributed by atoms with Crippen molar-refractivity contribution in [3.05, 3.63) is 0 Å². The second-order valence-electron chi connectivity index (χ2n) is 6.10. The summed E-state index contributed by atoms with van der Waals surface area (Å²) in [5.41, 5.74) is 5.92. The molecule has 0 bridgehead atoms. The van der Waals surface area contributed by atoms with E-state index in [0.29, 0.717) is 12.5 Å². The molecule has 2 aliphatic carbocycles. The molecule has 0 aromatic heterocycles. The molecule has 3 N–H and O–H groups in total. The van der Waals surface area contributed by atoms with Crippen LogP contribution in [0.4, 0.5) is 0 Å². The first-order valence-electron chi connectivity index (χ1n) is 7.19. The Morgan fingerprint density at radius 3 is 2.71 bits per heavy atom. The summed E-state index contributed by atoms with van der Waals surface area (Å²) in [5, 5.41) is 3.19. The van der Waals surface area contributed by atoms with Crippen molar-refractivity contribution < 1.29 is 4.79 Å². The van der Waals surface area contributed by atoms with E-state index in [1.807, 2.05) is 0 Å². The minimum absolute atomic E-state index is 0.175. The molecule has 2 unspecified atom stereocenters. The summed E-state index contributed by atoms with van der Waals surface area (Å²) in [5.74, 6) is 0.985.